The van der Waals surface area contributed by atoms with Crippen LogP contribution in [0.2, 0.25) is 0 Å². The van der Waals surface area contributed by atoms with Gasteiger partial charge in [0.05, 0.1) is 5.54 Å². The van der Waals surface area contributed by atoms with Crippen LogP contribution in [0, 0.1) is 0 Å². The summed E-state index contributed by atoms with van der Waals surface area (Å²) in [6.45, 7) is 2.93. The molecule has 1 rings (SSSR count). The second-order valence-electron chi connectivity index (χ2n) is 3.62. The van der Waals surface area contributed by atoms with E-state index >= 15 is 0 Å². The Kier molecular flexibility index (Phi) is 3.09. The Hall–Kier alpha value is -0.570. The molecule has 1 saturated carbocycles. The van der Waals surface area contributed by atoms with E-state index in [1.807, 2.05) is 0 Å². The second kappa shape index (κ2) is 3.90. The van der Waals surface area contributed by atoms with Crippen molar-refractivity contribution in [3.8, 4) is 0 Å². The summed E-state index contributed by atoms with van der Waals surface area (Å²) in [5.41, 5.74) is 5.20. The molecule has 70 valence electrons. The minimum Gasteiger partial charge on any atom is -0.355 e. The molecule has 12 heavy (non-hydrogen) atoms. The molecule has 0 bridgehead atoms. The molecule has 0 saturated heterocycles. The van der Waals surface area contributed by atoms with Gasteiger partial charge in [-0.2, -0.15) is 0 Å². The fourth-order valence-corrected chi connectivity index (χ4v) is 1.11. The van der Waals surface area contributed by atoms with Gasteiger partial charge in [-0.05, 0) is 19.3 Å². The largest absolute Gasteiger partial charge is 0.355 e. The highest BCUT2D eigenvalue weighted by atomic mass is 16.2. The van der Waals surface area contributed by atoms with Gasteiger partial charge in [-0.25, -0.2) is 0 Å². The molecule has 0 unspecified atom stereocenters. The fraction of sp³-hybridized carbons (Fsp3) is 0.889. The lowest BCUT2D eigenvalue weighted by molar-refractivity contribution is -0.123. The van der Waals surface area contributed by atoms with Gasteiger partial charge in [0.1, 0.15) is 0 Å². The quantitative estimate of drug-likeness (QED) is 0.599. The number of hydrogen-bond donors (Lipinski definition) is 2. The van der Waals surface area contributed by atoms with E-state index in [4.69, 9.17) is 5.73 Å². The van der Waals surface area contributed by atoms with E-state index in [-0.39, 0.29) is 5.91 Å². The van der Waals surface area contributed by atoms with Crippen LogP contribution in [0.4, 0.5) is 0 Å². The van der Waals surface area contributed by atoms with Gasteiger partial charge < -0.3 is 11.1 Å². The van der Waals surface area contributed by atoms with Crippen LogP contribution in [-0.2, 0) is 4.79 Å². The lowest BCUT2D eigenvalue weighted by Crippen LogP contribution is -2.42. The number of carbonyl (C=O) groups is 1. The third kappa shape index (κ3) is 2.48. The van der Waals surface area contributed by atoms with Crippen LogP contribution in [0.3, 0.4) is 0 Å². The molecule has 0 spiro atoms. The first kappa shape index (κ1) is 9.52. The summed E-state index contributed by atoms with van der Waals surface area (Å²) in [5, 5.41) is 2.86. The number of carbonyl (C=O) groups excluding carboxylic acids is 1. The van der Waals surface area contributed by atoms with Gasteiger partial charge in [0.2, 0.25) is 5.91 Å². The maximum atomic E-state index is 11.3. The summed E-state index contributed by atoms with van der Waals surface area (Å²) in [6.07, 6.45) is 5.14. The van der Waals surface area contributed by atoms with E-state index < -0.39 is 5.54 Å². The molecule has 3 nitrogen and oxygen atoms in total. The normalized spacial score (nSPS) is 18.8. The lowest BCUT2D eigenvalue weighted by atomic mass is 10.2. The standard InChI is InChI=1S/C9H18N2O/c1-2-3-4-7-11-8(12)9(10)5-6-9/h2-7,10H2,1H3,(H,11,12). The highest BCUT2D eigenvalue weighted by Gasteiger charge is 2.45. The van der Waals surface area contributed by atoms with Crippen LogP contribution in [-0.4, -0.2) is 18.0 Å². The van der Waals surface area contributed by atoms with Crippen molar-refractivity contribution in [2.75, 3.05) is 6.54 Å². The first-order valence-corrected chi connectivity index (χ1v) is 4.76. The molecule has 1 aliphatic rings. The van der Waals surface area contributed by atoms with Crippen LogP contribution in [0.15, 0.2) is 0 Å². The molecule has 0 aromatic rings. The van der Waals surface area contributed by atoms with E-state index in [0.29, 0.717) is 0 Å². The maximum absolute atomic E-state index is 11.3. The minimum atomic E-state index is -0.494. The fourth-order valence-electron chi connectivity index (χ4n) is 1.11. The molecular formula is C9H18N2O. The van der Waals surface area contributed by atoms with Crippen molar-refractivity contribution in [2.45, 2.75) is 44.6 Å². The van der Waals surface area contributed by atoms with Crippen molar-refractivity contribution in [2.24, 2.45) is 5.73 Å². The summed E-state index contributed by atoms with van der Waals surface area (Å²) in [6, 6.07) is 0. The molecule has 1 fully saturated rings. The van der Waals surface area contributed by atoms with E-state index in [1.165, 1.54) is 12.8 Å². The lowest BCUT2D eigenvalue weighted by Gasteiger charge is -2.08. The Bertz CT molecular complexity index is 164. The molecule has 0 aliphatic heterocycles. The summed E-state index contributed by atoms with van der Waals surface area (Å²) < 4.78 is 0. The van der Waals surface area contributed by atoms with Crippen LogP contribution < -0.4 is 11.1 Å². The van der Waals surface area contributed by atoms with E-state index in [2.05, 4.69) is 12.2 Å². The van der Waals surface area contributed by atoms with Crippen LogP contribution in [0.5, 0.6) is 0 Å². The van der Waals surface area contributed by atoms with Gasteiger partial charge in [-0.1, -0.05) is 19.8 Å². The number of amides is 1. The molecule has 3 N–H and O–H groups in total. The van der Waals surface area contributed by atoms with Gasteiger partial charge >= 0.3 is 0 Å². The van der Waals surface area contributed by atoms with Gasteiger partial charge in [-0.3, -0.25) is 4.79 Å². The molecular weight excluding hydrogens is 152 g/mol. The predicted octanol–water partition coefficient (Wildman–Crippen LogP) is 0.784. The van der Waals surface area contributed by atoms with Gasteiger partial charge in [-0.15, -0.1) is 0 Å². The van der Waals surface area contributed by atoms with Crippen molar-refractivity contribution in [1.82, 2.24) is 5.32 Å². The number of rotatable bonds is 5. The number of unbranched alkanes of at least 4 members (excludes halogenated alkanes) is 2. The zero-order valence-electron chi connectivity index (χ0n) is 7.73. The van der Waals surface area contributed by atoms with E-state index in [1.54, 1.807) is 0 Å². The molecule has 0 heterocycles. The highest BCUT2D eigenvalue weighted by Crippen LogP contribution is 2.31. The maximum Gasteiger partial charge on any atom is 0.240 e. The van der Waals surface area contributed by atoms with E-state index in [0.717, 1.165) is 25.8 Å². The summed E-state index contributed by atoms with van der Waals surface area (Å²) in [4.78, 5) is 11.3. The SMILES string of the molecule is CCCCCNC(=O)C1(N)CC1. The molecule has 0 aromatic carbocycles. The Balaban J connectivity index is 2.03. The molecule has 1 aliphatic carbocycles. The third-order valence-corrected chi connectivity index (χ3v) is 2.31. The highest BCUT2D eigenvalue weighted by molar-refractivity contribution is 5.88. The number of nitrogens with two attached hydrogens (primary N) is 1. The monoisotopic (exact) mass is 170 g/mol. The topological polar surface area (TPSA) is 55.1 Å². The van der Waals surface area contributed by atoms with Crippen molar-refractivity contribution in [3.63, 3.8) is 0 Å². The first-order valence-electron chi connectivity index (χ1n) is 4.76. The Labute approximate surface area is 73.7 Å². The van der Waals surface area contributed by atoms with Crippen LogP contribution in [0.1, 0.15) is 39.0 Å². The van der Waals surface area contributed by atoms with E-state index in [9.17, 15) is 4.79 Å². The Morgan fingerprint density at radius 3 is 2.67 bits per heavy atom. The van der Waals surface area contributed by atoms with Gasteiger partial charge in [0.25, 0.3) is 0 Å². The zero-order valence-corrected chi connectivity index (χ0v) is 7.73. The summed E-state index contributed by atoms with van der Waals surface area (Å²) >= 11 is 0. The summed E-state index contributed by atoms with van der Waals surface area (Å²) in [5.74, 6) is 0.0404. The smallest absolute Gasteiger partial charge is 0.240 e. The molecule has 3 heteroatoms. The average Bonchev–Trinajstić information content (AvgIpc) is 2.78. The minimum absolute atomic E-state index is 0.0404. The third-order valence-electron chi connectivity index (χ3n) is 2.31. The zero-order chi connectivity index (χ0) is 9.03. The molecule has 0 aromatic heterocycles. The van der Waals surface area contributed by atoms with Gasteiger partial charge in [0, 0.05) is 6.54 Å². The van der Waals surface area contributed by atoms with Crippen molar-refractivity contribution >= 4 is 5.91 Å². The summed E-state index contributed by atoms with van der Waals surface area (Å²) in [7, 11) is 0. The average molecular weight is 170 g/mol. The van der Waals surface area contributed by atoms with Crippen molar-refractivity contribution in [3.05, 3.63) is 0 Å². The van der Waals surface area contributed by atoms with Crippen molar-refractivity contribution < 1.29 is 4.79 Å². The van der Waals surface area contributed by atoms with Gasteiger partial charge in [0.15, 0.2) is 0 Å². The number of nitrogens with one attached hydrogen (secondary N) is 1. The molecule has 0 atom stereocenters. The predicted molar refractivity (Wildman–Crippen MR) is 48.7 cm³/mol. The van der Waals surface area contributed by atoms with Crippen molar-refractivity contribution in [1.29, 1.82) is 0 Å². The Morgan fingerprint density at radius 1 is 1.50 bits per heavy atom. The van der Waals surface area contributed by atoms with Crippen LogP contribution >= 0.6 is 0 Å². The number of hydrogen-bond acceptors (Lipinski definition) is 2. The second-order valence-corrected chi connectivity index (χ2v) is 3.62. The molecule has 0 radical (unpaired) electrons. The molecule has 1 amide bonds. The Morgan fingerprint density at radius 2 is 2.17 bits per heavy atom. The van der Waals surface area contributed by atoms with Crippen LogP contribution in [0.25, 0.3) is 0 Å². The first-order chi connectivity index (χ1) is 5.69.